The number of hydrogen-bond donors (Lipinski definition) is 0. The lowest BCUT2D eigenvalue weighted by atomic mass is 9.97. The SMILES string of the molecule is CC#Cc1c(F)c(F)c(-c2c(F)c(F)c(C#CC)c(F)c2F)c(F)c1F. The molecule has 8 heteroatoms. The van der Waals surface area contributed by atoms with E-state index in [4.69, 9.17) is 0 Å². The molecule has 0 saturated heterocycles. The average Bonchev–Trinajstić information content (AvgIpc) is 2.62. The van der Waals surface area contributed by atoms with Crippen molar-refractivity contribution in [2.24, 2.45) is 0 Å². The van der Waals surface area contributed by atoms with E-state index in [1.54, 1.807) is 11.8 Å². The molecular weight excluding hydrogens is 368 g/mol. The Morgan fingerprint density at radius 3 is 0.846 bits per heavy atom. The normalized spacial score (nSPS) is 10.1. The quantitative estimate of drug-likeness (QED) is 0.365. The number of rotatable bonds is 1. The van der Waals surface area contributed by atoms with Gasteiger partial charge in [-0.25, -0.2) is 35.1 Å². The Morgan fingerprint density at radius 1 is 0.423 bits per heavy atom. The highest BCUT2D eigenvalue weighted by atomic mass is 19.2. The summed E-state index contributed by atoms with van der Waals surface area (Å²) in [6.45, 7) is 2.22. The summed E-state index contributed by atoms with van der Waals surface area (Å²) < 4.78 is 112. The fourth-order valence-corrected chi connectivity index (χ4v) is 2.17. The summed E-state index contributed by atoms with van der Waals surface area (Å²) in [6.07, 6.45) is 0. The second kappa shape index (κ2) is 7.09. The van der Waals surface area contributed by atoms with Gasteiger partial charge in [-0.1, -0.05) is 11.8 Å². The molecule has 0 N–H and O–H groups in total. The maximum absolute atomic E-state index is 14.1. The Bertz CT molecular complexity index is 902. The van der Waals surface area contributed by atoms with Crippen LogP contribution in [0.3, 0.4) is 0 Å². The number of benzene rings is 2. The molecule has 2 aromatic rings. The second-order valence-corrected chi connectivity index (χ2v) is 4.76. The summed E-state index contributed by atoms with van der Waals surface area (Å²) >= 11 is 0. The van der Waals surface area contributed by atoms with Crippen LogP contribution < -0.4 is 0 Å². The molecule has 134 valence electrons. The van der Waals surface area contributed by atoms with Crippen molar-refractivity contribution < 1.29 is 35.1 Å². The smallest absolute Gasteiger partial charge is 0.178 e. The van der Waals surface area contributed by atoms with Gasteiger partial charge in [0.1, 0.15) is 11.1 Å². The maximum Gasteiger partial charge on any atom is 0.178 e. The fourth-order valence-electron chi connectivity index (χ4n) is 2.17. The van der Waals surface area contributed by atoms with Gasteiger partial charge in [0.05, 0.1) is 11.1 Å². The Kier molecular flexibility index (Phi) is 5.27. The largest absolute Gasteiger partial charge is 0.203 e. The van der Waals surface area contributed by atoms with Crippen LogP contribution in [0, 0.1) is 70.2 Å². The molecule has 26 heavy (non-hydrogen) atoms. The van der Waals surface area contributed by atoms with E-state index >= 15 is 0 Å². The third-order valence-electron chi connectivity index (χ3n) is 3.28. The molecule has 0 atom stereocenters. The Balaban J connectivity index is 3.03. The lowest BCUT2D eigenvalue weighted by Gasteiger charge is -2.13. The van der Waals surface area contributed by atoms with Crippen LogP contribution in [0.25, 0.3) is 11.1 Å². The van der Waals surface area contributed by atoms with Crippen LogP contribution in [0.5, 0.6) is 0 Å². The highest BCUT2D eigenvalue weighted by molar-refractivity contribution is 5.69. The second-order valence-electron chi connectivity index (χ2n) is 4.76. The van der Waals surface area contributed by atoms with Gasteiger partial charge < -0.3 is 0 Å². The van der Waals surface area contributed by atoms with Crippen LogP contribution in [0.1, 0.15) is 25.0 Å². The van der Waals surface area contributed by atoms with Crippen molar-refractivity contribution in [3.05, 3.63) is 57.7 Å². The van der Waals surface area contributed by atoms with Crippen LogP contribution in [0.15, 0.2) is 0 Å². The first-order chi connectivity index (χ1) is 12.2. The predicted molar refractivity (Wildman–Crippen MR) is 76.6 cm³/mol. The lowest BCUT2D eigenvalue weighted by molar-refractivity contribution is 0.438. The van der Waals surface area contributed by atoms with Crippen molar-refractivity contribution in [3.8, 4) is 34.8 Å². The Hall–Kier alpha value is -3.00. The first-order valence-electron chi connectivity index (χ1n) is 6.76. The minimum atomic E-state index is -2.26. The number of halogens is 8. The van der Waals surface area contributed by atoms with Crippen molar-refractivity contribution in [2.45, 2.75) is 13.8 Å². The van der Waals surface area contributed by atoms with Crippen LogP contribution in [-0.2, 0) is 0 Å². The van der Waals surface area contributed by atoms with Gasteiger partial charge in [0, 0.05) is 0 Å². The zero-order valence-corrected chi connectivity index (χ0v) is 13.0. The van der Waals surface area contributed by atoms with E-state index in [9.17, 15) is 35.1 Å². The molecule has 0 heterocycles. The van der Waals surface area contributed by atoms with Crippen LogP contribution >= 0.6 is 0 Å². The molecule has 0 saturated carbocycles. The summed E-state index contributed by atoms with van der Waals surface area (Å²) in [7, 11) is 0. The van der Waals surface area contributed by atoms with Crippen LogP contribution in [0.2, 0.25) is 0 Å². The van der Waals surface area contributed by atoms with E-state index in [1.807, 2.05) is 11.8 Å². The maximum atomic E-state index is 14.1. The predicted octanol–water partition coefficient (Wildman–Crippen LogP) is 5.21. The standard InChI is InChI=1S/C18H6F8/c1-3-5-7-11(19)15(23)9(16(24)12(7)20)10-17(25)13(21)8(6-4-2)14(22)18(10)26/h1-2H3. The molecule has 0 spiro atoms. The summed E-state index contributed by atoms with van der Waals surface area (Å²) in [5, 5.41) is 0. The summed E-state index contributed by atoms with van der Waals surface area (Å²) in [6, 6.07) is 0. The topological polar surface area (TPSA) is 0 Å². The zero-order chi connectivity index (χ0) is 19.8. The van der Waals surface area contributed by atoms with E-state index in [-0.39, 0.29) is 0 Å². The summed E-state index contributed by atoms with van der Waals surface area (Å²) in [4.78, 5) is 0. The summed E-state index contributed by atoms with van der Waals surface area (Å²) in [5.74, 6) is -9.80. The van der Waals surface area contributed by atoms with Gasteiger partial charge in [0.15, 0.2) is 46.5 Å². The molecule has 0 nitrogen and oxygen atoms in total. The van der Waals surface area contributed by atoms with Crippen molar-refractivity contribution in [1.29, 1.82) is 0 Å². The average molecular weight is 374 g/mol. The fraction of sp³-hybridized carbons (Fsp3) is 0.111. The first-order valence-corrected chi connectivity index (χ1v) is 6.76. The molecule has 0 aromatic heterocycles. The minimum Gasteiger partial charge on any atom is -0.203 e. The van der Waals surface area contributed by atoms with Crippen molar-refractivity contribution in [1.82, 2.24) is 0 Å². The van der Waals surface area contributed by atoms with Gasteiger partial charge in [0.25, 0.3) is 0 Å². The van der Waals surface area contributed by atoms with E-state index in [0.717, 1.165) is 13.8 Å². The highest BCUT2D eigenvalue weighted by Gasteiger charge is 2.33. The third kappa shape index (κ3) is 2.78. The monoisotopic (exact) mass is 374 g/mol. The third-order valence-corrected chi connectivity index (χ3v) is 3.28. The molecule has 0 bridgehead atoms. The number of hydrogen-bond acceptors (Lipinski definition) is 0. The van der Waals surface area contributed by atoms with Gasteiger partial charge in [-0.3, -0.25) is 0 Å². The molecule has 2 rings (SSSR count). The Morgan fingerprint density at radius 2 is 0.654 bits per heavy atom. The van der Waals surface area contributed by atoms with Crippen molar-refractivity contribution >= 4 is 0 Å². The summed E-state index contributed by atoms with van der Waals surface area (Å²) in [5.41, 5.74) is -6.54. The molecule has 0 amide bonds. The molecular formula is C18H6F8. The molecule has 0 fully saturated rings. The van der Waals surface area contributed by atoms with Gasteiger partial charge >= 0.3 is 0 Å². The van der Waals surface area contributed by atoms with Crippen LogP contribution in [0.4, 0.5) is 35.1 Å². The molecule has 0 radical (unpaired) electrons. The van der Waals surface area contributed by atoms with E-state index in [2.05, 4.69) is 0 Å². The highest BCUT2D eigenvalue weighted by Crippen LogP contribution is 2.37. The molecule has 0 aliphatic rings. The van der Waals surface area contributed by atoms with Gasteiger partial charge in [-0.15, -0.1) is 11.8 Å². The van der Waals surface area contributed by atoms with E-state index in [0.29, 0.717) is 0 Å². The molecule has 0 aliphatic heterocycles. The van der Waals surface area contributed by atoms with E-state index < -0.39 is 68.8 Å². The molecule has 0 aliphatic carbocycles. The van der Waals surface area contributed by atoms with Crippen LogP contribution in [-0.4, -0.2) is 0 Å². The molecule has 2 aromatic carbocycles. The Labute approximate surface area is 142 Å². The van der Waals surface area contributed by atoms with Gasteiger partial charge in [-0.05, 0) is 13.8 Å². The lowest BCUT2D eigenvalue weighted by Crippen LogP contribution is -2.10. The van der Waals surface area contributed by atoms with E-state index in [1.165, 1.54) is 0 Å². The van der Waals surface area contributed by atoms with Crippen molar-refractivity contribution in [3.63, 3.8) is 0 Å². The van der Waals surface area contributed by atoms with Crippen molar-refractivity contribution in [2.75, 3.05) is 0 Å². The zero-order valence-electron chi connectivity index (χ0n) is 13.0. The van der Waals surface area contributed by atoms with Gasteiger partial charge in [0.2, 0.25) is 0 Å². The first kappa shape index (κ1) is 19.3. The van der Waals surface area contributed by atoms with Gasteiger partial charge in [-0.2, -0.15) is 0 Å². The molecule has 0 unspecified atom stereocenters. The minimum absolute atomic E-state index is 1.11.